The molecule has 0 saturated carbocycles. The summed E-state index contributed by atoms with van der Waals surface area (Å²) in [7, 11) is -3.83. The molecule has 0 heterocycles. The maximum atomic E-state index is 12.2. The molecule has 0 spiro atoms. The van der Waals surface area contributed by atoms with Crippen LogP contribution < -0.4 is 10.5 Å². The van der Waals surface area contributed by atoms with E-state index in [1.165, 1.54) is 43.3 Å². The van der Waals surface area contributed by atoms with E-state index in [1.807, 2.05) is 0 Å². The first-order valence-corrected chi connectivity index (χ1v) is 9.48. The Morgan fingerprint density at radius 3 is 2.12 bits per heavy atom. The summed E-state index contributed by atoms with van der Waals surface area (Å²) in [6, 6.07) is 9.72. The van der Waals surface area contributed by atoms with Gasteiger partial charge in [-0.15, -0.1) is 0 Å². The van der Waals surface area contributed by atoms with Gasteiger partial charge in [-0.3, -0.25) is 4.79 Å². The molecule has 2 rings (SSSR count). The fraction of sp³-hybridized carbons (Fsp3) is 0.125. The Bertz CT molecular complexity index is 925. The topological polar surface area (TPSA) is 116 Å². The van der Waals surface area contributed by atoms with E-state index in [0.717, 1.165) is 0 Å². The lowest BCUT2D eigenvalue weighted by atomic mass is 10.2. The molecule has 1 atom stereocenters. The number of ether oxygens (including phenoxy) is 1. The predicted octanol–water partition coefficient (Wildman–Crippen LogP) is 2.82. The lowest BCUT2D eigenvalue weighted by Crippen LogP contribution is -2.30. The Morgan fingerprint density at radius 1 is 1.08 bits per heavy atom. The quantitative estimate of drug-likeness (QED) is 0.726. The van der Waals surface area contributed by atoms with Gasteiger partial charge in [0, 0.05) is 5.69 Å². The molecule has 0 aromatic heterocycles. The van der Waals surface area contributed by atoms with Gasteiger partial charge in [0.1, 0.15) is 0 Å². The van der Waals surface area contributed by atoms with Gasteiger partial charge in [0.05, 0.1) is 20.5 Å². The summed E-state index contributed by atoms with van der Waals surface area (Å²) >= 11 is 11.8. The van der Waals surface area contributed by atoms with Crippen LogP contribution in [0, 0.1) is 0 Å². The minimum atomic E-state index is -3.83. The molecule has 0 saturated heterocycles. The average molecular weight is 417 g/mol. The van der Waals surface area contributed by atoms with Gasteiger partial charge in [0.2, 0.25) is 10.0 Å². The van der Waals surface area contributed by atoms with Crippen LogP contribution in [0.2, 0.25) is 10.0 Å². The lowest BCUT2D eigenvalue weighted by molar-refractivity contribution is -0.123. The Labute approximate surface area is 160 Å². The number of anilines is 1. The number of amides is 1. The molecule has 3 N–H and O–H groups in total. The number of carbonyl (C=O) groups excluding carboxylic acids is 2. The van der Waals surface area contributed by atoms with Gasteiger partial charge in [0.15, 0.2) is 6.10 Å². The summed E-state index contributed by atoms with van der Waals surface area (Å²) in [4.78, 5) is 24.2. The van der Waals surface area contributed by atoms with Crippen molar-refractivity contribution >= 4 is 50.8 Å². The summed E-state index contributed by atoms with van der Waals surface area (Å²) in [5.41, 5.74) is 0.272. The molecular weight excluding hydrogens is 403 g/mol. The average Bonchev–Trinajstić information content (AvgIpc) is 2.54. The molecule has 2 aromatic carbocycles. The predicted molar refractivity (Wildman–Crippen MR) is 97.8 cm³/mol. The Morgan fingerprint density at radius 2 is 1.62 bits per heavy atom. The van der Waals surface area contributed by atoms with Crippen LogP contribution in [0.1, 0.15) is 17.3 Å². The molecule has 1 amide bonds. The zero-order chi connectivity index (χ0) is 19.5. The van der Waals surface area contributed by atoms with Crippen molar-refractivity contribution < 1.29 is 22.7 Å². The smallest absolute Gasteiger partial charge is 0.341 e. The molecule has 138 valence electrons. The lowest BCUT2D eigenvalue weighted by Gasteiger charge is -2.14. The fourth-order valence-corrected chi connectivity index (χ4v) is 3.00. The number of nitrogens with one attached hydrogen (secondary N) is 1. The summed E-state index contributed by atoms with van der Waals surface area (Å²) in [6.07, 6.45) is -1.15. The van der Waals surface area contributed by atoms with E-state index in [2.05, 4.69) is 5.32 Å². The van der Waals surface area contributed by atoms with E-state index in [1.54, 1.807) is 6.07 Å². The zero-order valence-electron chi connectivity index (χ0n) is 13.4. The normalized spacial score (nSPS) is 12.3. The van der Waals surface area contributed by atoms with Crippen molar-refractivity contribution in [2.24, 2.45) is 5.14 Å². The van der Waals surface area contributed by atoms with Gasteiger partial charge in [-0.05, 0) is 43.3 Å². The summed E-state index contributed by atoms with van der Waals surface area (Å²) in [5, 5.41) is 7.70. The highest BCUT2D eigenvalue weighted by atomic mass is 35.5. The molecule has 0 bridgehead atoms. The second-order valence-corrected chi connectivity index (χ2v) is 7.58. The summed E-state index contributed by atoms with van der Waals surface area (Å²) in [6.45, 7) is 1.37. The molecule has 0 unspecified atom stereocenters. The Kier molecular flexibility index (Phi) is 6.25. The number of sulfonamides is 1. The van der Waals surface area contributed by atoms with E-state index in [-0.39, 0.29) is 20.5 Å². The fourth-order valence-electron chi connectivity index (χ4n) is 1.94. The number of hydrogen-bond donors (Lipinski definition) is 2. The third kappa shape index (κ3) is 4.95. The SMILES string of the molecule is C[C@@H](OC(=O)c1c(Cl)cccc1Cl)C(=O)Nc1ccc(S(N)(=O)=O)cc1. The molecule has 0 radical (unpaired) electrons. The molecular formula is C16H14Cl2N2O5S. The van der Waals surface area contributed by atoms with Crippen LogP contribution in [-0.4, -0.2) is 26.4 Å². The maximum absolute atomic E-state index is 12.2. The van der Waals surface area contributed by atoms with Crippen molar-refractivity contribution in [1.29, 1.82) is 0 Å². The van der Waals surface area contributed by atoms with Crippen molar-refractivity contribution in [3.63, 3.8) is 0 Å². The van der Waals surface area contributed by atoms with Crippen LogP contribution in [0.5, 0.6) is 0 Å². The number of hydrogen-bond acceptors (Lipinski definition) is 5. The highest BCUT2D eigenvalue weighted by Gasteiger charge is 2.22. The molecule has 2 aromatic rings. The molecule has 7 nitrogen and oxygen atoms in total. The second kappa shape index (κ2) is 8.05. The van der Waals surface area contributed by atoms with Gasteiger partial charge in [-0.1, -0.05) is 29.3 Å². The van der Waals surface area contributed by atoms with Crippen LogP contribution in [-0.2, 0) is 19.6 Å². The minimum absolute atomic E-state index is 0.0343. The maximum Gasteiger partial charge on any atom is 0.341 e. The molecule has 0 aliphatic rings. The molecule has 0 aliphatic carbocycles. The van der Waals surface area contributed by atoms with Gasteiger partial charge in [-0.25, -0.2) is 18.4 Å². The van der Waals surface area contributed by atoms with E-state index in [4.69, 9.17) is 33.1 Å². The van der Waals surface area contributed by atoms with E-state index < -0.39 is 28.0 Å². The highest BCUT2D eigenvalue weighted by molar-refractivity contribution is 7.89. The van der Waals surface area contributed by atoms with Crippen molar-refractivity contribution in [2.75, 3.05) is 5.32 Å². The molecule has 10 heteroatoms. The number of halogens is 2. The highest BCUT2D eigenvalue weighted by Crippen LogP contribution is 2.25. The van der Waals surface area contributed by atoms with Gasteiger partial charge in [0.25, 0.3) is 5.91 Å². The van der Waals surface area contributed by atoms with E-state index >= 15 is 0 Å². The zero-order valence-corrected chi connectivity index (χ0v) is 15.7. The third-order valence-corrected chi connectivity index (χ3v) is 4.83. The number of esters is 1. The Balaban J connectivity index is 2.05. The first kappa shape index (κ1) is 20.2. The number of primary sulfonamides is 1. The monoisotopic (exact) mass is 416 g/mol. The minimum Gasteiger partial charge on any atom is -0.449 e. The number of nitrogens with two attached hydrogens (primary N) is 1. The van der Waals surface area contributed by atoms with Gasteiger partial charge < -0.3 is 10.1 Å². The molecule has 0 fully saturated rings. The third-order valence-electron chi connectivity index (χ3n) is 3.27. The van der Waals surface area contributed by atoms with E-state index in [9.17, 15) is 18.0 Å². The summed E-state index contributed by atoms with van der Waals surface area (Å²) < 4.78 is 27.5. The van der Waals surface area contributed by atoms with Gasteiger partial charge >= 0.3 is 5.97 Å². The number of carbonyl (C=O) groups is 2. The summed E-state index contributed by atoms with van der Waals surface area (Å²) in [5.74, 6) is -1.46. The van der Waals surface area contributed by atoms with Crippen molar-refractivity contribution in [1.82, 2.24) is 0 Å². The second-order valence-electron chi connectivity index (χ2n) is 5.20. The van der Waals surface area contributed by atoms with E-state index in [0.29, 0.717) is 5.69 Å². The largest absolute Gasteiger partial charge is 0.449 e. The van der Waals surface area contributed by atoms with Crippen LogP contribution in [0.4, 0.5) is 5.69 Å². The van der Waals surface area contributed by atoms with Crippen molar-refractivity contribution in [3.05, 3.63) is 58.1 Å². The first-order valence-electron chi connectivity index (χ1n) is 7.18. The number of benzene rings is 2. The van der Waals surface area contributed by atoms with Crippen LogP contribution in [0.15, 0.2) is 47.4 Å². The Hall–Kier alpha value is -2.13. The number of rotatable bonds is 5. The van der Waals surface area contributed by atoms with Crippen molar-refractivity contribution in [2.45, 2.75) is 17.9 Å². The standard InChI is InChI=1S/C16H14Cl2N2O5S/c1-9(25-16(22)14-12(17)3-2-4-13(14)18)15(21)20-10-5-7-11(8-6-10)26(19,23)24/h2-9H,1H3,(H,20,21)(H2,19,23,24)/t9-/m1/s1. The van der Waals surface area contributed by atoms with Crippen LogP contribution >= 0.6 is 23.2 Å². The molecule has 0 aliphatic heterocycles. The van der Waals surface area contributed by atoms with Crippen molar-refractivity contribution in [3.8, 4) is 0 Å². The molecule has 26 heavy (non-hydrogen) atoms. The van der Waals surface area contributed by atoms with Crippen LogP contribution in [0.3, 0.4) is 0 Å². The first-order chi connectivity index (χ1) is 12.1. The van der Waals surface area contributed by atoms with Gasteiger partial charge in [-0.2, -0.15) is 0 Å². The van der Waals surface area contributed by atoms with Crippen LogP contribution in [0.25, 0.3) is 0 Å².